The largest absolute Gasteiger partial charge is 0.382 e. The zero-order valence-corrected chi connectivity index (χ0v) is 18.6. The Bertz CT molecular complexity index is 1320. The number of nitrogens with zero attached hydrogens (tertiary/aromatic N) is 4. The van der Waals surface area contributed by atoms with Gasteiger partial charge >= 0.3 is 0 Å². The molecule has 0 amide bonds. The smallest absolute Gasteiger partial charge is 0.262 e. The average molecular weight is 455 g/mol. The van der Waals surface area contributed by atoms with Crippen molar-refractivity contribution in [3.63, 3.8) is 0 Å². The third kappa shape index (κ3) is 4.31. The lowest BCUT2D eigenvalue weighted by atomic mass is 10.1. The summed E-state index contributed by atoms with van der Waals surface area (Å²) in [6.07, 6.45) is 0.663. The maximum Gasteiger partial charge on any atom is 0.262 e. The number of aryl methyl sites for hydroxylation is 1. The highest BCUT2D eigenvalue weighted by Crippen LogP contribution is 2.27. The van der Waals surface area contributed by atoms with Crippen LogP contribution in [0.15, 0.2) is 58.5 Å². The van der Waals surface area contributed by atoms with Gasteiger partial charge in [0.25, 0.3) is 5.56 Å². The number of rotatable bonds is 9. The minimum Gasteiger partial charge on any atom is -0.382 e. The lowest BCUT2D eigenvalue weighted by molar-refractivity contribution is 0.0994. The summed E-state index contributed by atoms with van der Waals surface area (Å²) >= 11 is 1.25. The maximum atomic E-state index is 13.2. The lowest BCUT2D eigenvalue weighted by Gasteiger charge is -2.13. The first-order valence-electron chi connectivity index (χ1n) is 10.4. The first-order chi connectivity index (χ1) is 15.5. The van der Waals surface area contributed by atoms with Crippen LogP contribution < -0.4 is 5.56 Å². The molecule has 4 rings (SSSR count). The fourth-order valence-corrected chi connectivity index (χ4v) is 4.47. The van der Waals surface area contributed by atoms with E-state index in [1.165, 1.54) is 36.0 Å². The minimum atomic E-state index is -0.482. The number of carbonyl (C=O) groups excluding carboxylic acids is 1. The van der Waals surface area contributed by atoms with Gasteiger partial charge in [0.2, 0.25) is 5.78 Å². The second-order valence-electron chi connectivity index (χ2n) is 7.27. The number of halogens is 1. The number of Topliss-reactive ketones (excluding diaryl/α,β-unsaturated/α-hetero) is 1. The van der Waals surface area contributed by atoms with E-state index in [1.54, 1.807) is 17.6 Å². The van der Waals surface area contributed by atoms with E-state index >= 15 is 0 Å². The van der Waals surface area contributed by atoms with Gasteiger partial charge in [-0.3, -0.25) is 18.6 Å². The first-order valence-corrected chi connectivity index (χ1v) is 11.3. The number of para-hydroxylation sites is 1. The van der Waals surface area contributed by atoms with E-state index < -0.39 is 5.25 Å². The Morgan fingerprint density at radius 2 is 1.91 bits per heavy atom. The number of benzene rings is 2. The van der Waals surface area contributed by atoms with Crippen molar-refractivity contribution in [2.45, 2.75) is 37.2 Å². The number of hydrogen-bond acceptors (Lipinski definition) is 6. The van der Waals surface area contributed by atoms with Gasteiger partial charge in [-0.2, -0.15) is 0 Å². The van der Waals surface area contributed by atoms with Crippen LogP contribution in [0.2, 0.25) is 0 Å². The van der Waals surface area contributed by atoms with E-state index in [1.807, 2.05) is 29.5 Å². The van der Waals surface area contributed by atoms with E-state index in [0.29, 0.717) is 53.6 Å². The van der Waals surface area contributed by atoms with Crippen LogP contribution in [0.3, 0.4) is 0 Å². The molecule has 0 aliphatic heterocycles. The molecule has 32 heavy (non-hydrogen) atoms. The number of ketones is 1. The van der Waals surface area contributed by atoms with Gasteiger partial charge in [-0.1, -0.05) is 23.9 Å². The summed E-state index contributed by atoms with van der Waals surface area (Å²) in [5.74, 6) is -0.102. The number of ether oxygens (including phenoxy) is 1. The number of thioether (sulfide) groups is 1. The Morgan fingerprint density at radius 1 is 1.16 bits per heavy atom. The Kier molecular flexibility index (Phi) is 6.66. The number of hydrogen-bond donors (Lipinski definition) is 0. The molecule has 0 radical (unpaired) electrons. The van der Waals surface area contributed by atoms with Gasteiger partial charge in [-0.15, -0.1) is 10.2 Å². The van der Waals surface area contributed by atoms with Gasteiger partial charge in [0.15, 0.2) is 10.9 Å². The second kappa shape index (κ2) is 9.62. The fraction of sp³-hybridized carbons (Fsp3) is 0.304. The Morgan fingerprint density at radius 3 is 2.66 bits per heavy atom. The van der Waals surface area contributed by atoms with Gasteiger partial charge in [0.05, 0.1) is 16.2 Å². The molecule has 9 heteroatoms. The van der Waals surface area contributed by atoms with Crippen molar-refractivity contribution in [2.24, 2.45) is 0 Å². The summed E-state index contributed by atoms with van der Waals surface area (Å²) in [5, 5.41) is 9.15. The summed E-state index contributed by atoms with van der Waals surface area (Å²) < 4.78 is 22.0. The van der Waals surface area contributed by atoms with Gasteiger partial charge in [0.1, 0.15) is 5.82 Å². The van der Waals surface area contributed by atoms with Crippen molar-refractivity contribution in [3.8, 4) is 0 Å². The Balaban J connectivity index is 1.72. The number of aromatic nitrogens is 4. The molecule has 2 heterocycles. The van der Waals surface area contributed by atoms with Crippen LogP contribution in [0.25, 0.3) is 16.7 Å². The van der Waals surface area contributed by atoms with Crippen LogP contribution in [-0.4, -0.2) is 43.4 Å². The molecule has 0 spiro atoms. The summed E-state index contributed by atoms with van der Waals surface area (Å²) in [6.45, 7) is 5.31. The third-order valence-corrected chi connectivity index (χ3v) is 6.18. The molecule has 7 nitrogen and oxygen atoms in total. The lowest BCUT2D eigenvalue weighted by Crippen LogP contribution is -2.24. The van der Waals surface area contributed by atoms with Gasteiger partial charge in [-0.25, -0.2) is 4.39 Å². The SMILES string of the molecule is CCOCCCn1c(=O)c2ccccc2n2c(SC(C)C(=O)c3ccc(F)cc3)nnc12. The molecule has 0 saturated heterocycles. The summed E-state index contributed by atoms with van der Waals surface area (Å²) in [5.41, 5.74) is 0.976. The predicted molar refractivity (Wildman–Crippen MR) is 122 cm³/mol. The summed E-state index contributed by atoms with van der Waals surface area (Å²) in [7, 11) is 0. The van der Waals surface area contributed by atoms with Crippen LogP contribution in [0.5, 0.6) is 0 Å². The van der Waals surface area contributed by atoms with E-state index in [2.05, 4.69) is 10.2 Å². The molecule has 2 aromatic heterocycles. The summed E-state index contributed by atoms with van der Waals surface area (Å²) in [6, 6.07) is 12.8. The Hall–Kier alpha value is -3.04. The molecule has 1 unspecified atom stereocenters. The molecular weight excluding hydrogens is 431 g/mol. The van der Waals surface area contributed by atoms with E-state index in [-0.39, 0.29) is 17.2 Å². The normalized spacial score (nSPS) is 12.5. The van der Waals surface area contributed by atoms with Crippen molar-refractivity contribution < 1.29 is 13.9 Å². The molecule has 2 aromatic carbocycles. The molecule has 4 aromatic rings. The highest BCUT2D eigenvalue weighted by Gasteiger charge is 2.22. The van der Waals surface area contributed by atoms with Gasteiger partial charge in [0, 0.05) is 25.3 Å². The van der Waals surface area contributed by atoms with Crippen LogP contribution >= 0.6 is 11.8 Å². The van der Waals surface area contributed by atoms with Crippen molar-refractivity contribution in [1.29, 1.82) is 0 Å². The average Bonchev–Trinajstić information content (AvgIpc) is 3.22. The zero-order chi connectivity index (χ0) is 22.7. The standard InChI is InChI=1S/C23H23FN4O3S/c1-3-31-14-6-13-27-21(30)18-7-4-5-8-19(18)28-22(27)25-26-23(28)32-15(2)20(29)16-9-11-17(24)12-10-16/h4-5,7-12,15H,3,6,13-14H2,1-2H3. The van der Waals surface area contributed by atoms with E-state index in [4.69, 9.17) is 4.74 Å². The molecule has 0 aliphatic rings. The van der Waals surface area contributed by atoms with Crippen molar-refractivity contribution in [3.05, 3.63) is 70.3 Å². The predicted octanol–water partition coefficient (Wildman–Crippen LogP) is 3.97. The molecule has 166 valence electrons. The van der Waals surface area contributed by atoms with Crippen molar-refractivity contribution >= 4 is 34.2 Å². The van der Waals surface area contributed by atoms with Gasteiger partial charge < -0.3 is 4.74 Å². The first kappa shape index (κ1) is 22.2. The van der Waals surface area contributed by atoms with Gasteiger partial charge in [-0.05, 0) is 56.7 Å². The monoisotopic (exact) mass is 454 g/mol. The highest BCUT2D eigenvalue weighted by molar-refractivity contribution is 8.00. The van der Waals surface area contributed by atoms with E-state index in [9.17, 15) is 14.0 Å². The molecule has 0 saturated carbocycles. The second-order valence-corrected chi connectivity index (χ2v) is 8.58. The molecule has 0 bridgehead atoms. The zero-order valence-electron chi connectivity index (χ0n) is 17.8. The van der Waals surface area contributed by atoms with Crippen LogP contribution in [0, 0.1) is 5.82 Å². The molecule has 0 fully saturated rings. The van der Waals surface area contributed by atoms with Crippen LogP contribution in [0.1, 0.15) is 30.6 Å². The van der Waals surface area contributed by atoms with E-state index in [0.717, 1.165) is 0 Å². The quantitative estimate of drug-likeness (QED) is 0.216. The third-order valence-electron chi connectivity index (χ3n) is 5.13. The Labute approximate surface area is 188 Å². The summed E-state index contributed by atoms with van der Waals surface area (Å²) in [4.78, 5) is 25.9. The molecular formula is C23H23FN4O3S. The molecule has 1 atom stereocenters. The fourth-order valence-electron chi connectivity index (χ4n) is 3.54. The number of carbonyl (C=O) groups is 1. The number of fused-ring (bicyclic) bond motifs is 3. The molecule has 0 aliphatic carbocycles. The highest BCUT2D eigenvalue weighted by atomic mass is 32.2. The van der Waals surface area contributed by atoms with Crippen molar-refractivity contribution in [1.82, 2.24) is 19.2 Å². The topological polar surface area (TPSA) is 78.5 Å². The molecule has 0 N–H and O–H groups in total. The van der Waals surface area contributed by atoms with Crippen LogP contribution in [0.4, 0.5) is 4.39 Å². The van der Waals surface area contributed by atoms with Crippen molar-refractivity contribution in [2.75, 3.05) is 13.2 Å². The maximum absolute atomic E-state index is 13.2. The van der Waals surface area contributed by atoms with Crippen LogP contribution in [-0.2, 0) is 11.3 Å². The minimum absolute atomic E-state index is 0.135.